The zero-order valence-electron chi connectivity index (χ0n) is 13.1. The minimum absolute atomic E-state index is 0.0124. The van der Waals surface area contributed by atoms with Gasteiger partial charge in [-0.25, -0.2) is 9.89 Å². The number of nitrogens with zero attached hydrogens (tertiary/aromatic N) is 2. The predicted octanol–water partition coefficient (Wildman–Crippen LogP) is 1.48. The van der Waals surface area contributed by atoms with E-state index in [4.69, 9.17) is 0 Å². The number of hydrogen-bond acceptors (Lipinski definition) is 5. The molecule has 1 aromatic rings. The third-order valence-corrected chi connectivity index (χ3v) is 4.06. The van der Waals surface area contributed by atoms with Gasteiger partial charge in [0.05, 0.1) is 0 Å². The highest BCUT2D eigenvalue weighted by Crippen LogP contribution is 2.22. The van der Waals surface area contributed by atoms with E-state index in [2.05, 4.69) is 15.5 Å². The summed E-state index contributed by atoms with van der Waals surface area (Å²) >= 11 is 1.38. The molecule has 1 atom stereocenters. The SMILES string of the molecule is CC(C)NC(C)(CCSc1n[nH]c(=O)n1C(C)C)C(=O)O. The molecule has 0 saturated heterocycles. The van der Waals surface area contributed by atoms with Crippen molar-refractivity contribution in [3.8, 4) is 0 Å². The number of aromatic nitrogens is 3. The molecule has 1 heterocycles. The van der Waals surface area contributed by atoms with Crippen LogP contribution in [0.1, 0.15) is 47.1 Å². The fraction of sp³-hybridized carbons (Fsp3) is 0.769. The van der Waals surface area contributed by atoms with Crippen LogP contribution in [-0.2, 0) is 4.79 Å². The maximum absolute atomic E-state index is 11.6. The maximum Gasteiger partial charge on any atom is 0.344 e. The van der Waals surface area contributed by atoms with Crippen molar-refractivity contribution in [2.75, 3.05) is 5.75 Å². The molecule has 0 bridgehead atoms. The van der Waals surface area contributed by atoms with Gasteiger partial charge in [-0.1, -0.05) is 11.8 Å². The van der Waals surface area contributed by atoms with Crippen molar-refractivity contribution in [2.45, 2.75) is 63.8 Å². The van der Waals surface area contributed by atoms with Crippen LogP contribution in [0.15, 0.2) is 9.95 Å². The molecule has 0 aliphatic heterocycles. The van der Waals surface area contributed by atoms with Gasteiger partial charge in [0, 0.05) is 17.8 Å². The molecule has 3 N–H and O–H groups in total. The summed E-state index contributed by atoms with van der Waals surface area (Å²) in [5.41, 5.74) is -1.23. The number of carboxylic acids is 1. The van der Waals surface area contributed by atoms with E-state index in [1.165, 1.54) is 11.8 Å². The summed E-state index contributed by atoms with van der Waals surface area (Å²) in [5.74, 6) is -0.320. The van der Waals surface area contributed by atoms with E-state index in [1.807, 2.05) is 27.7 Å². The second-order valence-corrected chi connectivity index (χ2v) is 6.87. The minimum Gasteiger partial charge on any atom is -0.480 e. The first-order valence-corrected chi connectivity index (χ1v) is 7.96. The molecular formula is C13H24N4O3S. The number of nitrogens with one attached hydrogen (secondary N) is 2. The van der Waals surface area contributed by atoms with E-state index < -0.39 is 11.5 Å². The monoisotopic (exact) mass is 316 g/mol. The number of carboxylic acid groups (broad SMARTS) is 1. The number of H-pyrrole nitrogens is 1. The Morgan fingerprint density at radius 1 is 1.48 bits per heavy atom. The Balaban J connectivity index is 2.71. The average molecular weight is 316 g/mol. The molecule has 8 heteroatoms. The zero-order valence-corrected chi connectivity index (χ0v) is 14.0. The standard InChI is InChI=1S/C13H24N4O3S/c1-8(2)14-13(5,10(18)19)6-7-21-12-16-15-11(20)17(12)9(3)4/h8-9,14H,6-7H2,1-5H3,(H,15,20)(H,18,19). The van der Waals surface area contributed by atoms with Crippen LogP contribution < -0.4 is 11.0 Å². The lowest BCUT2D eigenvalue weighted by Crippen LogP contribution is -2.52. The molecule has 0 aromatic carbocycles. The van der Waals surface area contributed by atoms with Gasteiger partial charge >= 0.3 is 11.7 Å². The molecule has 0 aliphatic carbocycles. The topological polar surface area (TPSA) is 100 Å². The van der Waals surface area contributed by atoms with Crippen molar-refractivity contribution in [1.82, 2.24) is 20.1 Å². The van der Waals surface area contributed by atoms with Crippen molar-refractivity contribution in [2.24, 2.45) is 0 Å². The fourth-order valence-corrected chi connectivity index (χ4v) is 3.31. The zero-order chi connectivity index (χ0) is 16.2. The van der Waals surface area contributed by atoms with Gasteiger partial charge in [-0.2, -0.15) is 0 Å². The molecular weight excluding hydrogens is 292 g/mol. The average Bonchev–Trinajstić information content (AvgIpc) is 2.69. The summed E-state index contributed by atoms with van der Waals surface area (Å²) in [5, 5.41) is 19.5. The number of rotatable bonds is 8. The molecule has 0 amide bonds. The van der Waals surface area contributed by atoms with Gasteiger partial charge in [0.25, 0.3) is 0 Å². The molecule has 1 unspecified atom stereocenters. The van der Waals surface area contributed by atoms with Crippen LogP contribution in [0.3, 0.4) is 0 Å². The Kier molecular flexibility index (Phi) is 6.03. The van der Waals surface area contributed by atoms with Gasteiger partial charge < -0.3 is 5.11 Å². The van der Waals surface area contributed by atoms with Crippen LogP contribution in [0.4, 0.5) is 0 Å². The van der Waals surface area contributed by atoms with Crippen LogP contribution in [0.25, 0.3) is 0 Å². The number of aliphatic carboxylic acids is 1. The maximum atomic E-state index is 11.6. The van der Waals surface area contributed by atoms with Crippen molar-refractivity contribution in [3.63, 3.8) is 0 Å². The van der Waals surface area contributed by atoms with Gasteiger partial charge in [-0.05, 0) is 41.0 Å². The summed E-state index contributed by atoms with van der Waals surface area (Å²) in [4.78, 5) is 23.0. The molecule has 120 valence electrons. The molecule has 7 nitrogen and oxygen atoms in total. The van der Waals surface area contributed by atoms with E-state index >= 15 is 0 Å². The summed E-state index contributed by atoms with van der Waals surface area (Å²) < 4.78 is 1.57. The van der Waals surface area contributed by atoms with Crippen molar-refractivity contribution in [3.05, 3.63) is 10.5 Å². The van der Waals surface area contributed by atoms with E-state index in [9.17, 15) is 14.7 Å². The normalized spacial score (nSPS) is 14.6. The molecule has 0 saturated carbocycles. The van der Waals surface area contributed by atoms with Crippen molar-refractivity contribution in [1.29, 1.82) is 0 Å². The first kappa shape index (κ1) is 17.8. The quantitative estimate of drug-likeness (QED) is 0.628. The summed E-state index contributed by atoms with van der Waals surface area (Å²) in [7, 11) is 0. The third kappa shape index (κ3) is 4.60. The fourth-order valence-electron chi connectivity index (χ4n) is 2.07. The van der Waals surface area contributed by atoms with Gasteiger partial charge in [0.15, 0.2) is 5.16 Å². The van der Waals surface area contributed by atoms with Crippen molar-refractivity contribution < 1.29 is 9.90 Å². The first-order valence-electron chi connectivity index (χ1n) is 6.98. The Bertz CT molecular complexity index is 538. The van der Waals surface area contributed by atoms with Crippen LogP contribution in [0, 0.1) is 0 Å². The Hall–Kier alpha value is -1.28. The van der Waals surface area contributed by atoms with Gasteiger partial charge in [0.1, 0.15) is 5.54 Å². The molecule has 0 radical (unpaired) electrons. The number of hydrogen-bond donors (Lipinski definition) is 3. The van der Waals surface area contributed by atoms with E-state index in [-0.39, 0.29) is 17.8 Å². The Morgan fingerprint density at radius 3 is 2.57 bits per heavy atom. The highest BCUT2D eigenvalue weighted by Gasteiger charge is 2.33. The van der Waals surface area contributed by atoms with Crippen LogP contribution in [0.2, 0.25) is 0 Å². The third-order valence-electron chi connectivity index (χ3n) is 3.10. The molecule has 0 aliphatic rings. The Labute approximate surface area is 128 Å². The first-order chi connectivity index (χ1) is 9.67. The van der Waals surface area contributed by atoms with Gasteiger partial charge in [0.2, 0.25) is 0 Å². The minimum atomic E-state index is -0.986. The van der Waals surface area contributed by atoms with E-state index in [0.717, 1.165) is 0 Å². The van der Waals surface area contributed by atoms with Crippen molar-refractivity contribution >= 4 is 17.7 Å². The highest BCUT2D eigenvalue weighted by molar-refractivity contribution is 7.99. The molecule has 1 rings (SSSR count). The second kappa shape index (κ2) is 7.13. The highest BCUT2D eigenvalue weighted by atomic mass is 32.2. The van der Waals surface area contributed by atoms with E-state index in [0.29, 0.717) is 17.3 Å². The molecule has 21 heavy (non-hydrogen) atoms. The lowest BCUT2D eigenvalue weighted by molar-refractivity contribution is -0.144. The number of thioether (sulfide) groups is 1. The Morgan fingerprint density at radius 2 is 2.10 bits per heavy atom. The number of aromatic amines is 1. The lowest BCUT2D eigenvalue weighted by Gasteiger charge is -2.28. The smallest absolute Gasteiger partial charge is 0.344 e. The molecule has 0 fully saturated rings. The number of carbonyl (C=O) groups is 1. The largest absolute Gasteiger partial charge is 0.480 e. The van der Waals surface area contributed by atoms with Gasteiger partial charge in [-0.3, -0.25) is 14.7 Å². The second-order valence-electron chi connectivity index (χ2n) is 5.81. The predicted molar refractivity (Wildman–Crippen MR) is 82.9 cm³/mol. The van der Waals surface area contributed by atoms with Crippen LogP contribution in [0.5, 0.6) is 0 Å². The summed E-state index contributed by atoms with van der Waals surface area (Å²) in [6.07, 6.45) is 0.435. The summed E-state index contributed by atoms with van der Waals surface area (Å²) in [6, 6.07) is 0.0914. The molecule has 1 aromatic heterocycles. The lowest BCUT2D eigenvalue weighted by atomic mass is 9.98. The van der Waals surface area contributed by atoms with Crippen LogP contribution in [-0.4, -0.2) is 43.2 Å². The van der Waals surface area contributed by atoms with E-state index in [1.54, 1.807) is 11.5 Å². The molecule has 0 spiro atoms. The van der Waals surface area contributed by atoms with Gasteiger partial charge in [-0.15, -0.1) is 5.10 Å². The van der Waals surface area contributed by atoms with Crippen LogP contribution >= 0.6 is 11.8 Å². The summed E-state index contributed by atoms with van der Waals surface area (Å²) in [6.45, 7) is 9.32.